The average Bonchev–Trinajstić information content (AvgIpc) is 2.47. The molecule has 0 spiro atoms. The standard InChI is InChI=1S/C16H22ClNO2/c1-3-20-16(19)13-7-6-10-18(11-13)12(2)14-8-4-5-9-15(14)17/h4-5,8-9,12-13H,3,6-7,10-11H2,1-2H3. The number of rotatable bonds is 4. The summed E-state index contributed by atoms with van der Waals surface area (Å²) in [5.41, 5.74) is 1.12. The molecule has 1 aromatic carbocycles. The summed E-state index contributed by atoms with van der Waals surface area (Å²) < 4.78 is 5.15. The number of hydrogen-bond donors (Lipinski definition) is 0. The number of carbonyl (C=O) groups excluding carboxylic acids is 1. The fourth-order valence-corrected chi connectivity index (χ4v) is 3.11. The zero-order valence-electron chi connectivity index (χ0n) is 12.1. The van der Waals surface area contributed by atoms with Crippen LogP contribution in [-0.2, 0) is 9.53 Å². The Morgan fingerprint density at radius 1 is 1.50 bits per heavy atom. The summed E-state index contributed by atoms with van der Waals surface area (Å²) in [4.78, 5) is 14.2. The predicted octanol–water partition coefficient (Wildman–Crippen LogP) is 3.68. The van der Waals surface area contributed by atoms with Crippen LogP contribution in [0.1, 0.15) is 38.3 Å². The van der Waals surface area contributed by atoms with Gasteiger partial charge in [-0.25, -0.2) is 0 Å². The Hall–Kier alpha value is -1.06. The number of likely N-dealkylation sites (tertiary alicyclic amines) is 1. The summed E-state index contributed by atoms with van der Waals surface area (Å²) in [5.74, 6) is -0.0720. The van der Waals surface area contributed by atoms with Crippen molar-refractivity contribution in [3.05, 3.63) is 34.9 Å². The summed E-state index contributed by atoms with van der Waals surface area (Å²) in [5, 5.41) is 0.790. The van der Waals surface area contributed by atoms with E-state index in [4.69, 9.17) is 16.3 Å². The molecule has 4 heteroatoms. The average molecular weight is 296 g/mol. The fraction of sp³-hybridized carbons (Fsp3) is 0.562. The van der Waals surface area contributed by atoms with Crippen LogP contribution in [0.5, 0.6) is 0 Å². The molecule has 0 aliphatic carbocycles. The summed E-state index contributed by atoms with van der Waals surface area (Å²) in [6.45, 7) is 6.21. The molecule has 0 N–H and O–H groups in total. The molecule has 1 aliphatic rings. The molecule has 1 saturated heterocycles. The topological polar surface area (TPSA) is 29.5 Å². The van der Waals surface area contributed by atoms with Gasteiger partial charge < -0.3 is 4.74 Å². The van der Waals surface area contributed by atoms with E-state index in [1.165, 1.54) is 0 Å². The Balaban J connectivity index is 2.05. The van der Waals surface area contributed by atoms with Crippen molar-refractivity contribution in [1.29, 1.82) is 0 Å². The number of halogens is 1. The van der Waals surface area contributed by atoms with E-state index < -0.39 is 0 Å². The highest BCUT2D eigenvalue weighted by molar-refractivity contribution is 6.31. The van der Waals surface area contributed by atoms with Crippen LogP contribution < -0.4 is 0 Å². The van der Waals surface area contributed by atoms with Crippen LogP contribution in [0.4, 0.5) is 0 Å². The first-order valence-corrected chi connectivity index (χ1v) is 7.66. The highest BCUT2D eigenvalue weighted by Crippen LogP contribution is 2.30. The van der Waals surface area contributed by atoms with Gasteiger partial charge in [0.25, 0.3) is 0 Å². The van der Waals surface area contributed by atoms with Gasteiger partial charge in [-0.3, -0.25) is 9.69 Å². The van der Waals surface area contributed by atoms with Crippen molar-refractivity contribution in [1.82, 2.24) is 4.90 Å². The van der Waals surface area contributed by atoms with Crippen LogP contribution in [0.15, 0.2) is 24.3 Å². The van der Waals surface area contributed by atoms with E-state index in [9.17, 15) is 4.79 Å². The third-order valence-corrected chi connectivity index (χ3v) is 4.32. The molecule has 3 nitrogen and oxygen atoms in total. The van der Waals surface area contributed by atoms with Gasteiger partial charge in [-0.15, -0.1) is 0 Å². The molecule has 110 valence electrons. The molecule has 0 aromatic heterocycles. The van der Waals surface area contributed by atoms with E-state index in [1.807, 2.05) is 25.1 Å². The van der Waals surface area contributed by atoms with Gasteiger partial charge in [-0.1, -0.05) is 29.8 Å². The third-order valence-electron chi connectivity index (χ3n) is 3.98. The molecule has 2 rings (SSSR count). The number of benzene rings is 1. The summed E-state index contributed by atoms with van der Waals surface area (Å²) in [7, 11) is 0. The molecular weight excluding hydrogens is 274 g/mol. The van der Waals surface area contributed by atoms with Gasteiger partial charge in [-0.2, -0.15) is 0 Å². The molecule has 20 heavy (non-hydrogen) atoms. The first-order valence-electron chi connectivity index (χ1n) is 7.28. The number of carbonyl (C=O) groups is 1. The van der Waals surface area contributed by atoms with Crippen molar-refractivity contribution in [2.24, 2.45) is 5.92 Å². The van der Waals surface area contributed by atoms with E-state index >= 15 is 0 Å². The van der Waals surface area contributed by atoms with Crippen molar-refractivity contribution in [2.45, 2.75) is 32.7 Å². The maximum absolute atomic E-state index is 11.9. The number of piperidine rings is 1. The van der Waals surface area contributed by atoms with Gasteiger partial charge in [0, 0.05) is 17.6 Å². The highest BCUT2D eigenvalue weighted by Gasteiger charge is 2.30. The quantitative estimate of drug-likeness (QED) is 0.794. The molecule has 0 saturated carbocycles. The van der Waals surface area contributed by atoms with Gasteiger partial charge in [0.05, 0.1) is 12.5 Å². The first kappa shape index (κ1) is 15.3. The summed E-state index contributed by atoms with van der Waals surface area (Å²) in [6, 6.07) is 8.14. The largest absolute Gasteiger partial charge is 0.466 e. The second-order valence-electron chi connectivity index (χ2n) is 5.28. The Kier molecular flexibility index (Phi) is 5.44. The first-order chi connectivity index (χ1) is 9.63. The maximum atomic E-state index is 11.9. The lowest BCUT2D eigenvalue weighted by atomic mass is 9.95. The predicted molar refractivity (Wildman–Crippen MR) is 80.8 cm³/mol. The molecule has 0 radical (unpaired) electrons. The van der Waals surface area contributed by atoms with E-state index in [2.05, 4.69) is 17.9 Å². The minimum absolute atomic E-state index is 0.00589. The molecule has 0 amide bonds. The fourth-order valence-electron chi connectivity index (χ4n) is 2.82. The molecule has 1 aliphatic heterocycles. The van der Waals surface area contributed by atoms with Gasteiger partial charge >= 0.3 is 5.97 Å². The van der Waals surface area contributed by atoms with Crippen LogP contribution in [-0.4, -0.2) is 30.6 Å². The van der Waals surface area contributed by atoms with Crippen molar-refractivity contribution in [2.75, 3.05) is 19.7 Å². The molecule has 2 unspecified atom stereocenters. The summed E-state index contributed by atoms with van der Waals surface area (Å²) >= 11 is 6.27. The molecule has 2 atom stereocenters. The summed E-state index contributed by atoms with van der Waals surface area (Å²) in [6.07, 6.45) is 1.95. The van der Waals surface area contributed by atoms with Crippen molar-refractivity contribution >= 4 is 17.6 Å². The van der Waals surface area contributed by atoms with Gasteiger partial charge in [0.15, 0.2) is 0 Å². The Bertz CT molecular complexity index is 464. The molecule has 1 fully saturated rings. The second-order valence-corrected chi connectivity index (χ2v) is 5.69. The van der Waals surface area contributed by atoms with Crippen LogP contribution in [0.3, 0.4) is 0 Å². The Labute approximate surface area is 125 Å². The van der Waals surface area contributed by atoms with Crippen LogP contribution in [0, 0.1) is 5.92 Å². The zero-order chi connectivity index (χ0) is 14.5. The SMILES string of the molecule is CCOC(=O)C1CCCN(C(C)c2ccccc2Cl)C1. The van der Waals surface area contributed by atoms with Crippen molar-refractivity contribution < 1.29 is 9.53 Å². The van der Waals surface area contributed by atoms with E-state index in [0.29, 0.717) is 6.61 Å². The number of nitrogens with zero attached hydrogens (tertiary/aromatic N) is 1. The Morgan fingerprint density at radius 2 is 2.25 bits per heavy atom. The molecular formula is C16H22ClNO2. The lowest BCUT2D eigenvalue weighted by Gasteiger charge is -2.36. The number of ether oxygens (including phenoxy) is 1. The monoisotopic (exact) mass is 295 g/mol. The van der Waals surface area contributed by atoms with Crippen LogP contribution in [0.25, 0.3) is 0 Å². The molecule has 0 bridgehead atoms. The van der Waals surface area contributed by atoms with E-state index in [0.717, 1.165) is 36.5 Å². The van der Waals surface area contributed by atoms with Crippen LogP contribution >= 0.6 is 11.6 Å². The van der Waals surface area contributed by atoms with Crippen LogP contribution in [0.2, 0.25) is 5.02 Å². The highest BCUT2D eigenvalue weighted by atomic mass is 35.5. The molecule has 1 aromatic rings. The third kappa shape index (κ3) is 3.53. The smallest absolute Gasteiger partial charge is 0.310 e. The normalized spacial score (nSPS) is 21.4. The van der Waals surface area contributed by atoms with Gasteiger partial charge in [0.1, 0.15) is 0 Å². The lowest BCUT2D eigenvalue weighted by molar-refractivity contribution is -0.150. The van der Waals surface area contributed by atoms with E-state index in [1.54, 1.807) is 0 Å². The van der Waals surface area contributed by atoms with Gasteiger partial charge in [-0.05, 0) is 44.9 Å². The van der Waals surface area contributed by atoms with E-state index in [-0.39, 0.29) is 17.9 Å². The lowest BCUT2D eigenvalue weighted by Crippen LogP contribution is -2.40. The number of hydrogen-bond acceptors (Lipinski definition) is 3. The van der Waals surface area contributed by atoms with Gasteiger partial charge in [0.2, 0.25) is 0 Å². The second kappa shape index (κ2) is 7.09. The molecule has 1 heterocycles. The maximum Gasteiger partial charge on any atom is 0.310 e. The van der Waals surface area contributed by atoms with Crippen molar-refractivity contribution in [3.63, 3.8) is 0 Å². The number of esters is 1. The Morgan fingerprint density at radius 3 is 2.95 bits per heavy atom. The zero-order valence-corrected chi connectivity index (χ0v) is 12.9. The minimum atomic E-state index is -0.0661. The minimum Gasteiger partial charge on any atom is -0.466 e. The van der Waals surface area contributed by atoms with Crippen molar-refractivity contribution in [3.8, 4) is 0 Å².